The summed E-state index contributed by atoms with van der Waals surface area (Å²) in [6.07, 6.45) is 0.742. The Hall–Kier alpha value is -1.65. The number of esters is 2. The van der Waals surface area contributed by atoms with Crippen LogP contribution in [0.1, 0.15) is 26.7 Å². The van der Waals surface area contributed by atoms with E-state index in [1.165, 1.54) is 21.1 Å². The summed E-state index contributed by atoms with van der Waals surface area (Å²) in [6.45, 7) is 3.08. The largest absolute Gasteiger partial charge is 0.468 e. The van der Waals surface area contributed by atoms with Gasteiger partial charge in [-0.2, -0.15) is 0 Å². The minimum absolute atomic E-state index is 0.219. The summed E-state index contributed by atoms with van der Waals surface area (Å²) in [7, 11) is 2.39. The molecule has 0 fully saturated rings. The van der Waals surface area contributed by atoms with Crippen LogP contribution >= 0.6 is 0 Å². The van der Waals surface area contributed by atoms with Crippen molar-refractivity contribution in [2.24, 2.45) is 5.41 Å². The van der Waals surface area contributed by atoms with Crippen LogP contribution in [0.3, 0.4) is 0 Å². The van der Waals surface area contributed by atoms with Crippen LogP contribution < -0.4 is 0 Å². The SMILES string of the molecule is COC(=O)C1(C(=O)OC)CCC(C)=C1C(C)=O. The van der Waals surface area contributed by atoms with Gasteiger partial charge in [0.1, 0.15) is 0 Å². The monoisotopic (exact) mass is 240 g/mol. The van der Waals surface area contributed by atoms with Crippen LogP contribution in [0.25, 0.3) is 0 Å². The van der Waals surface area contributed by atoms with Gasteiger partial charge in [-0.15, -0.1) is 0 Å². The molecule has 1 rings (SSSR count). The van der Waals surface area contributed by atoms with Crippen molar-refractivity contribution in [3.63, 3.8) is 0 Å². The first-order valence-corrected chi connectivity index (χ1v) is 5.29. The fraction of sp³-hybridized carbons (Fsp3) is 0.583. The quantitative estimate of drug-likeness (QED) is 0.544. The Balaban J connectivity index is 3.40. The van der Waals surface area contributed by atoms with Crippen molar-refractivity contribution < 1.29 is 23.9 Å². The van der Waals surface area contributed by atoms with Crippen LogP contribution in [0, 0.1) is 5.41 Å². The van der Waals surface area contributed by atoms with Gasteiger partial charge in [0, 0.05) is 5.57 Å². The molecule has 0 N–H and O–H groups in total. The molecule has 0 heterocycles. The van der Waals surface area contributed by atoms with Gasteiger partial charge in [0.2, 0.25) is 0 Å². The molecule has 0 saturated heterocycles. The molecule has 0 atom stereocenters. The molecule has 0 spiro atoms. The molecule has 0 aromatic rings. The van der Waals surface area contributed by atoms with Gasteiger partial charge >= 0.3 is 11.9 Å². The summed E-state index contributed by atoms with van der Waals surface area (Å²) in [6, 6.07) is 0. The third kappa shape index (κ3) is 1.85. The smallest absolute Gasteiger partial charge is 0.327 e. The molecule has 0 saturated carbocycles. The molecule has 0 aromatic heterocycles. The predicted molar refractivity (Wildman–Crippen MR) is 59.1 cm³/mol. The highest BCUT2D eigenvalue weighted by molar-refractivity contribution is 6.14. The minimum Gasteiger partial charge on any atom is -0.468 e. The first-order chi connectivity index (χ1) is 7.91. The van der Waals surface area contributed by atoms with E-state index < -0.39 is 17.4 Å². The minimum atomic E-state index is -1.57. The lowest BCUT2D eigenvalue weighted by atomic mass is 9.79. The highest BCUT2D eigenvalue weighted by atomic mass is 16.5. The van der Waals surface area contributed by atoms with E-state index >= 15 is 0 Å². The van der Waals surface area contributed by atoms with Gasteiger partial charge in [-0.25, -0.2) is 0 Å². The second-order valence-corrected chi connectivity index (χ2v) is 4.10. The van der Waals surface area contributed by atoms with Gasteiger partial charge in [0.05, 0.1) is 14.2 Å². The zero-order valence-corrected chi connectivity index (χ0v) is 10.5. The second-order valence-electron chi connectivity index (χ2n) is 4.10. The standard InChI is InChI=1S/C12H16O5/c1-7-5-6-12(10(14)16-3,11(15)17-4)9(7)8(2)13/h5-6H2,1-4H3. The molecular weight excluding hydrogens is 224 g/mol. The fourth-order valence-electron chi connectivity index (χ4n) is 2.43. The van der Waals surface area contributed by atoms with E-state index in [0.717, 1.165) is 5.57 Å². The van der Waals surface area contributed by atoms with Gasteiger partial charge < -0.3 is 9.47 Å². The number of Topliss-reactive ketones (excluding diaryl/α,β-unsaturated/α-hetero) is 1. The maximum atomic E-state index is 11.9. The van der Waals surface area contributed by atoms with E-state index in [1.54, 1.807) is 6.92 Å². The van der Waals surface area contributed by atoms with Crippen molar-refractivity contribution in [2.45, 2.75) is 26.7 Å². The van der Waals surface area contributed by atoms with Gasteiger partial charge in [0.25, 0.3) is 0 Å². The van der Waals surface area contributed by atoms with Gasteiger partial charge in [-0.1, -0.05) is 5.57 Å². The molecular formula is C12H16O5. The fourth-order valence-corrected chi connectivity index (χ4v) is 2.43. The number of ketones is 1. The number of allylic oxidation sites excluding steroid dienone is 1. The third-order valence-corrected chi connectivity index (χ3v) is 3.15. The van der Waals surface area contributed by atoms with Crippen molar-refractivity contribution in [1.29, 1.82) is 0 Å². The average Bonchev–Trinajstić information content (AvgIpc) is 2.65. The molecule has 1 aliphatic carbocycles. The van der Waals surface area contributed by atoms with Crippen LogP contribution in [0.2, 0.25) is 0 Å². The van der Waals surface area contributed by atoms with E-state index in [9.17, 15) is 14.4 Å². The number of hydrogen-bond acceptors (Lipinski definition) is 5. The molecule has 0 unspecified atom stereocenters. The molecule has 94 valence electrons. The number of hydrogen-bond donors (Lipinski definition) is 0. The van der Waals surface area contributed by atoms with Crippen LogP contribution in [0.4, 0.5) is 0 Å². The van der Waals surface area contributed by atoms with E-state index in [0.29, 0.717) is 6.42 Å². The van der Waals surface area contributed by atoms with Crippen molar-refractivity contribution in [1.82, 2.24) is 0 Å². The lowest BCUT2D eigenvalue weighted by Gasteiger charge is -2.25. The van der Waals surface area contributed by atoms with Crippen molar-refractivity contribution in [2.75, 3.05) is 14.2 Å². The maximum absolute atomic E-state index is 11.9. The Labute approximate surface area is 99.8 Å². The summed E-state index contributed by atoms with van der Waals surface area (Å²) in [5.41, 5.74) is -0.608. The van der Waals surface area contributed by atoms with Crippen LogP contribution in [0.15, 0.2) is 11.1 Å². The molecule has 5 nitrogen and oxygen atoms in total. The average molecular weight is 240 g/mol. The van der Waals surface area contributed by atoms with Gasteiger partial charge in [-0.3, -0.25) is 14.4 Å². The lowest BCUT2D eigenvalue weighted by molar-refractivity contribution is -0.166. The van der Waals surface area contributed by atoms with Crippen LogP contribution in [0.5, 0.6) is 0 Å². The normalized spacial score (nSPS) is 17.9. The molecule has 5 heteroatoms. The van der Waals surface area contributed by atoms with Gasteiger partial charge in [0.15, 0.2) is 11.2 Å². The van der Waals surface area contributed by atoms with E-state index in [1.807, 2.05) is 0 Å². The molecule has 0 amide bonds. The Morgan fingerprint density at radius 2 is 1.59 bits per heavy atom. The molecule has 0 radical (unpaired) electrons. The lowest BCUT2D eigenvalue weighted by Crippen LogP contribution is -2.42. The van der Waals surface area contributed by atoms with Crippen LogP contribution in [-0.2, 0) is 23.9 Å². The highest BCUT2D eigenvalue weighted by Gasteiger charge is 2.56. The summed E-state index contributed by atoms with van der Waals surface area (Å²) < 4.78 is 9.33. The summed E-state index contributed by atoms with van der Waals surface area (Å²) in [4.78, 5) is 35.4. The number of ether oxygens (including phenoxy) is 2. The van der Waals surface area contributed by atoms with Gasteiger partial charge in [-0.05, 0) is 26.7 Å². The Morgan fingerprint density at radius 3 is 1.94 bits per heavy atom. The first-order valence-electron chi connectivity index (χ1n) is 5.29. The number of rotatable bonds is 3. The molecule has 0 bridgehead atoms. The van der Waals surface area contributed by atoms with E-state index in [2.05, 4.69) is 9.47 Å². The third-order valence-electron chi connectivity index (χ3n) is 3.15. The predicted octanol–water partition coefficient (Wildman–Crippen LogP) is 1.02. The van der Waals surface area contributed by atoms with Crippen LogP contribution in [-0.4, -0.2) is 31.9 Å². The number of carbonyl (C=O) groups excluding carboxylic acids is 3. The second kappa shape index (κ2) is 4.69. The Kier molecular flexibility index (Phi) is 3.70. The summed E-state index contributed by atoms with van der Waals surface area (Å²) in [5.74, 6) is -1.76. The maximum Gasteiger partial charge on any atom is 0.327 e. The number of carbonyl (C=O) groups is 3. The zero-order chi connectivity index (χ0) is 13.2. The van der Waals surface area contributed by atoms with E-state index in [-0.39, 0.29) is 17.8 Å². The Bertz CT molecular complexity index is 389. The molecule has 1 aliphatic rings. The summed E-state index contributed by atoms with van der Waals surface area (Å²) in [5, 5.41) is 0. The van der Waals surface area contributed by atoms with E-state index in [4.69, 9.17) is 0 Å². The Morgan fingerprint density at radius 1 is 1.12 bits per heavy atom. The van der Waals surface area contributed by atoms with Crippen molar-refractivity contribution in [3.05, 3.63) is 11.1 Å². The summed E-state index contributed by atoms with van der Waals surface area (Å²) >= 11 is 0. The first kappa shape index (κ1) is 13.4. The topological polar surface area (TPSA) is 69.7 Å². The number of methoxy groups -OCH3 is 2. The molecule has 17 heavy (non-hydrogen) atoms. The zero-order valence-electron chi connectivity index (χ0n) is 10.5. The molecule has 0 aromatic carbocycles. The molecule has 0 aliphatic heterocycles. The highest BCUT2D eigenvalue weighted by Crippen LogP contribution is 2.45. The van der Waals surface area contributed by atoms with Crippen molar-refractivity contribution in [3.8, 4) is 0 Å². The van der Waals surface area contributed by atoms with Crippen molar-refractivity contribution >= 4 is 17.7 Å².